The summed E-state index contributed by atoms with van der Waals surface area (Å²) in [6, 6.07) is 0. The molecule has 82 valence electrons. The predicted molar refractivity (Wildman–Crippen MR) is 62.1 cm³/mol. The molecule has 0 fully saturated rings. The molecule has 14 heavy (non-hydrogen) atoms. The quantitative estimate of drug-likeness (QED) is 0.614. The summed E-state index contributed by atoms with van der Waals surface area (Å²) in [6.45, 7) is 15.5. The van der Waals surface area contributed by atoms with Gasteiger partial charge in [0.25, 0.3) is 0 Å². The molecule has 0 aromatic carbocycles. The fraction of sp³-hybridized carbons (Fsp3) is 0.846. The summed E-state index contributed by atoms with van der Waals surface area (Å²) in [5, 5.41) is 0. The van der Waals surface area contributed by atoms with Gasteiger partial charge in [0, 0.05) is 5.92 Å². The van der Waals surface area contributed by atoms with E-state index in [1.165, 1.54) is 0 Å². The summed E-state index contributed by atoms with van der Waals surface area (Å²) in [4.78, 5) is 0. The maximum Gasteiger partial charge on any atom is 0.108 e. The highest BCUT2D eigenvalue weighted by atomic mass is 16.5. The molecule has 0 saturated heterocycles. The van der Waals surface area contributed by atoms with Gasteiger partial charge in [-0.1, -0.05) is 46.5 Å². The van der Waals surface area contributed by atoms with Crippen molar-refractivity contribution in [2.45, 2.75) is 54.1 Å². The Bertz CT molecular complexity index is 220. The van der Waals surface area contributed by atoms with Crippen molar-refractivity contribution in [3.8, 4) is 11.8 Å². The highest BCUT2D eigenvalue weighted by Crippen LogP contribution is 2.32. The lowest BCUT2D eigenvalue weighted by Crippen LogP contribution is -2.39. The molecule has 0 aliphatic heterocycles. The highest BCUT2D eigenvalue weighted by Gasteiger charge is 2.33. The van der Waals surface area contributed by atoms with Crippen LogP contribution in [0.2, 0.25) is 0 Å². The number of ether oxygens (including phenoxy) is 1. The van der Waals surface area contributed by atoms with E-state index in [0.717, 1.165) is 0 Å². The lowest BCUT2D eigenvalue weighted by molar-refractivity contribution is -0.0766. The predicted octanol–water partition coefficient (Wildman–Crippen LogP) is 3.49. The first-order chi connectivity index (χ1) is 6.17. The highest BCUT2D eigenvalue weighted by molar-refractivity contribution is 5.02. The van der Waals surface area contributed by atoms with Gasteiger partial charge in [-0.15, -0.1) is 0 Å². The molecular weight excluding hydrogens is 172 g/mol. The molecule has 1 nitrogen and oxygen atoms in total. The standard InChI is InChI=1S/C13H24O/c1-11(2)9-8-10-14-13(6,7)12(3,4)5/h11H,10H2,1-7H3. The molecule has 0 bridgehead atoms. The molecule has 0 aliphatic carbocycles. The molecule has 0 aromatic heterocycles. The lowest BCUT2D eigenvalue weighted by Gasteiger charge is -2.38. The topological polar surface area (TPSA) is 9.23 Å². The van der Waals surface area contributed by atoms with Gasteiger partial charge in [-0.25, -0.2) is 0 Å². The van der Waals surface area contributed by atoms with Crippen molar-refractivity contribution in [2.24, 2.45) is 11.3 Å². The third kappa shape index (κ3) is 4.67. The van der Waals surface area contributed by atoms with E-state index >= 15 is 0 Å². The minimum Gasteiger partial charge on any atom is -0.362 e. The van der Waals surface area contributed by atoms with Gasteiger partial charge < -0.3 is 4.74 Å². The summed E-state index contributed by atoms with van der Waals surface area (Å²) >= 11 is 0. The van der Waals surface area contributed by atoms with Crippen LogP contribution >= 0.6 is 0 Å². The first-order valence-corrected chi connectivity index (χ1v) is 5.29. The van der Waals surface area contributed by atoms with E-state index in [1.54, 1.807) is 0 Å². The van der Waals surface area contributed by atoms with Gasteiger partial charge in [0.15, 0.2) is 0 Å². The van der Waals surface area contributed by atoms with Crippen molar-refractivity contribution in [3.63, 3.8) is 0 Å². The Balaban J connectivity index is 4.10. The van der Waals surface area contributed by atoms with Gasteiger partial charge in [0.1, 0.15) is 6.61 Å². The molecule has 0 aliphatic rings. The Hall–Kier alpha value is -0.480. The van der Waals surface area contributed by atoms with Crippen LogP contribution in [0.3, 0.4) is 0 Å². The number of hydrogen-bond donors (Lipinski definition) is 0. The second kappa shape index (κ2) is 4.84. The molecular formula is C13H24O. The molecule has 0 saturated carbocycles. The van der Waals surface area contributed by atoms with E-state index in [9.17, 15) is 0 Å². The maximum atomic E-state index is 5.77. The van der Waals surface area contributed by atoms with Gasteiger partial charge in [-0.2, -0.15) is 0 Å². The molecule has 0 aromatic rings. The maximum absolute atomic E-state index is 5.77. The second-order valence-electron chi connectivity index (χ2n) is 5.52. The van der Waals surface area contributed by atoms with Crippen molar-refractivity contribution < 1.29 is 4.74 Å². The van der Waals surface area contributed by atoms with E-state index in [0.29, 0.717) is 12.5 Å². The summed E-state index contributed by atoms with van der Waals surface area (Å²) in [7, 11) is 0. The van der Waals surface area contributed by atoms with Crippen molar-refractivity contribution in [1.82, 2.24) is 0 Å². The Labute approximate surface area is 89.2 Å². The molecule has 0 rings (SSSR count). The van der Waals surface area contributed by atoms with Crippen molar-refractivity contribution >= 4 is 0 Å². The SMILES string of the molecule is CC(C)C#CCOC(C)(C)C(C)(C)C. The second-order valence-corrected chi connectivity index (χ2v) is 5.52. The van der Waals surface area contributed by atoms with Crippen LogP contribution in [0.1, 0.15) is 48.5 Å². The van der Waals surface area contributed by atoms with E-state index in [1.807, 2.05) is 0 Å². The number of rotatable bonds is 2. The van der Waals surface area contributed by atoms with E-state index in [4.69, 9.17) is 4.74 Å². The van der Waals surface area contributed by atoms with Crippen LogP contribution in [0.5, 0.6) is 0 Å². The van der Waals surface area contributed by atoms with Crippen LogP contribution in [-0.4, -0.2) is 12.2 Å². The molecule has 0 spiro atoms. The van der Waals surface area contributed by atoms with Gasteiger partial charge in [0.2, 0.25) is 0 Å². The fourth-order valence-corrected chi connectivity index (χ4v) is 0.679. The van der Waals surface area contributed by atoms with Crippen molar-refractivity contribution in [3.05, 3.63) is 0 Å². The van der Waals surface area contributed by atoms with Crippen LogP contribution in [0.25, 0.3) is 0 Å². The van der Waals surface area contributed by atoms with Crippen LogP contribution in [0.4, 0.5) is 0 Å². The third-order valence-corrected chi connectivity index (χ3v) is 2.70. The van der Waals surface area contributed by atoms with E-state index in [-0.39, 0.29) is 11.0 Å². The van der Waals surface area contributed by atoms with Crippen molar-refractivity contribution in [2.75, 3.05) is 6.61 Å². The summed E-state index contributed by atoms with van der Waals surface area (Å²) in [5.74, 6) is 6.56. The molecule has 0 heterocycles. The third-order valence-electron chi connectivity index (χ3n) is 2.70. The monoisotopic (exact) mass is 196 g/mol. The summed E-state index contributed by atoms with van der Waals surface area (Å²) in [6.07, 6.45) is 0. The molecule has 1 heteroatoms. The average molecular weight is 196 g/mol. The Morgan fingerprint density at radius 3 is 1.93 bits per heavy atom. The van der Waals surface area contributed by atoms with Gasteiger partial charge in [0.05, 0.1) is 5.60 Å². The van der Waals surface area contributed by atoms with Gasteiger partial charge >= 0.3 is 0 Å². The van der Waals surface area contributed by atoms with Crippen LogP contribution in [0, 0.1) is 23.2 Å². The summed E-state index contributed by atoms with van der Waals surface area (Å²) < 4.78 is 5.77. The zero-order valence-corrected chi connectivity index (χ0v) is 10.7. The van der Waals surface area contributed by atoms with Crippen molar-refractivity contribution in [1.29, 1.82) is 0 Å². The zero-order chi connectivity index (χ0) is 11.4. The molecule has 0 N–H and O–H groups in total. The largest absolute Gasteiger partial charge is 0.362 e. The van der Waals surface area contributed by atoms with Crippen LogP contribution in [0.15, 0.2) is 0 Å². The van der Waals surface area contributed by atoms with E-state index < -0.39 is 0 Å². The molecule has 0 unspecified atom stereocenters. The Morgan fingerprint density at radius 1 is 1.07 bits per heavy atom. The number of hydrogen-bond acceptors (Lipinski definition) is 1. The fourth-order valence-electron chi connectivity index (χ4n) is 0.679. The first kappa shape index (κ1) is 13.5. The molecule has 0 radical (unpaired) electrons. The Kier molecular flexibility index (Phi) is 4.68. The van der Waals surface area contributed by atoms with Crippen LogP contribution < -0.4 is 0 Å². The summed E-state index contributed by atoms with van der Waals surface area (Å²) in [5.41, 5.74) is 0.0190. The van der Waals surface area contributed by atoms with E-state index in [2.05, 4.69) is 60.3 Å². The molecule has 0 atom stereocenters. The normalized spacial score (nSPS) is 12.6. The van der Waals surface area contributed by atoms with Gasteiger partial charge in [-0.3, -0.25) is 0 Å². The first-order valence-electron chi connectivity index (χ1n) is 5.29. The minimum atomic E-state index is -0.126. The van der Waals surface area contributed by atoms with Crippen LogP contribution in [-0.2, 0) is 4.74 Å². The molecule has 0 amide bonds. The average Bonchev–Trinajstić information content (AvgIpc) is 1.95. The Morgan fingerprint density at radius 2 is 1.57 bits per heavy atom. The lowest BCUT2D eigenvalue weighted by atomic mass is 9.79. The zero-order valence-electron chi connectivity index (χ0n) is 10.7. The minimum absolute atomic E-state index is 0.126. The smallest absolute Gasteiger partial charge is 0.108 e. The van der Waals surface area contributed by atoms with Gasteiger partial charge in [-0.05, 0) is 19.3 Å².